The number of cyclic esters (lactones) is 1. The SMILES string of the molecule is O=C(O)CCC1N=C(CCc2ccco2)OC1=O. The van der Waals surface area contributed by atoms with Crippen LogP contribution in [0.25, 0.3) is 0 Å². The molecule has 6 heteroatoms. The van der Waals surface area contributed by atoms with E-state index in [0.29, 0.717) is 18.7 Å². The number of furan rings is 1. The Morgan fingerprint density at radius 3 is 2.94 bits per heavy atom. The summed E-state index contributed by atoms with van der Waals surface area (Å²) in [6, 6.07) is 2.94. The standard InChI is InChI=1S/C12H13NO5/c14-11(15)6-4-9-12(16)18-10(13-9)5-3-8-2-1-7-17-8/h1-2,7,9H,3-6H2,(H,14,15). The lowest BCUT2D eigenvalue weighted by Crippen LogP contribution is -2.16. The van der Waals surface area contributed by atoms with Crippen LogP contribution in [0.1, 0.15) is 25.0 Å². The number of aryl methyl sites for hydroxylation is 1. The lowest BCUT2D eigenvalue weighted by atomic mass is 10.2. The number of carboxylic acid groups (broad SMARTS) is 1. The van der Waals surface area contributed by atoms with E-state index < -0.39 is 18.0 Å². The summed E-state index contributed by atoms with van der Waals surface area (Å²) >= 11 is 0. The van der Waals surface area contributed by atoms with Crippen molar-refractivity contribution in [3.05, 3.63) is 24.2 Å². The fraction of sp³-hybridized carbons (Fsp3) is 0.417. The van der Waals surface area contributed by atoms with Crippen molar-refractivity contribution in [1.82, 2.24) is 0 Å². The number of aliphatic carboxylic acids is 1. The van der Waals surface area contributed by atoms with E-state index in [1.54, 1.807) is 12.3 Å². The monoisotopic (exact) mass is 251 g/mol. The Morgan fingerprint density at radius 1 is 1.44 bits per heavy atom. The van der Waals surface area contributed by atoms with Crippen molar-refractivity contribution in [1.29, 1.82) is 0 Å². The van der Waals surface area contributed by atoms with Crippen LogP contribution in [0.4, 0.5) is 0 Å². The minimum absolute atomic E-state index is 0.0886. The van der Waals surface area contributed by atoms with Crippen LogP contribution in [0, 0.1) is 0 Å². The average molecular weight is 251 g/mol. The topological polar surface area (TPSA) is 89.1 Å². The number of nitrogens with zero attached hydrogens (tertiary/aromatic N) is 1. The van der Waals surface area contributed by atoms with Gasteiger partial charge in [0.25, 0.3) is 0 Å². The second-order valence-corrected chi connectivity index (χ2v) is 3.97. The number of aliphatic imine (C=N–C) groups is 1. The van der Waals surface area contributed by atoms with Gasteiger partial charge in [-0.2, -0.15) is 0 Å². The first kappa shape index (κ1) is 12.3. The quantitative estimate of drug-likeness (QED) is 0.772. The van der Waals surface area contributed by atoms with E-state index >= 15 is 0 Å². The molecule has 1 atom stereocenters. The molecule has 2 rings (SSSR count). The zero-order valence-corrected chi connectivity index (χ0v) is 9.67. The highest BCUT2D eigenvalue weighted by Gasteiger charge is 2.28. The molecule has 0 aliphatic carbocycles. The van der Waals surface area contributed by atoms with E-state index in [-0.39, 0.29) is 12.8 Å². The van der Waals surface area contributed by atoms with E-state index in [1.807, 2.05) is 6.07 Å². The molecule has 1 aliphatic rings. The molecule has 1 aromatic heterocycles. The fourth-order valence-electron chi connectivity index (χ4n) is 1.68. The Labute approximate surface area is 103 Å². The highest BCUT2D eigenvalue weighted by Crippen LogP contribution is 2.15. The number of hydrogen-bond donors (Lipinski definition) is 1. The third-order valence-electron chi connectivity index (χ3n) is 2.59. The van der Waals surface area contributed by atoms with E-state index in [9.17, 15) is 9.59 Å². The van der Waals surface area contributed by atoms with Gasteiger partial charge in [0.05, 0.1) is 6.26 Å². The van der Waals surface area contributed by atoms with Gasteiger partial charge in [0.15, 0.2) is 11.9 Å². The Morgan fingerprint density at radius 2 is 2.28 bits per heavy atom. The molecule has 0 saturated carbocycles. The van der Waals surface area contributed by atoms with Gasteiger partial charge in [-0.3, -0.25) is 4.79 Å². The molecule has 1 N–H and O–H groups in total. The van der Waals surface area contributed by atoms with Crippen molar-refractivity contribution in [3.8, 4) is 0 Å². The summed E-state index contributed by atoms with van der Waals surface area (Å²) < 4.78 is 10.1. The number of esters is 1. The molecule has 1 unspecified atom stereocenters. The van der Waals surface area contributed by atoms with E-state index in [4.69, 9.17) is 14.3 Å². The van der Waals surface area contributed by atoms with Crippen LogP contribution in [0.5, 0.6) is 0 Å². The zero-order chi connectivity index (χ0) is 13.0. The smallest absolute Gasteiger partial charge is 0.337 e. The first-order chi connectivity index (χ1) is 8.65. The first-order valence-corrected chi connectivity index (χ1v) is 5.67. The van der Waals surface area contributed by atoms with Crippen LogP contribution < -0.4 is 0 Å². The zero-order valence-electron chi connectivity index (χ0n) is 9.67. The molecule has 6 nitrogen and oxygen atoms in total. The molecule has 18 heavy (non-hydrogen) atoms. The number of hydrogen-bond acceptors (Lipinski definition) is 5. The summed E-state index contributed by atoms with van der Waals surface area (Å²) in [5, 5.41) is 8.54. The van der Waals surface area contributed by atoms with Crippen LogP contribution in [-0.2, 0) is 20.7 Å². The molecule has 2 heterocycles. The molecule has 1 aromatic rings. The number of carbonyl (C=O) groups excluding carboxylic acids is 1. The molecule has 0 radical (unpaired) electrons. The third-order valence-corrected chi connectivity index (χ3v) is 2.59. The number of ether oxygens (including phenoxy) is 1. The predicted molar refractivity (Wildman–Crippen MR) is 61.2 cm³/mol. The maximum atomic E-state index is 11.4. The number of rotatable bonds is 6. The Bertz CT molecular complexity index is 463. The fourth-order valence-corrected chi connectivity index (χ4v) is 1.68. The summed E-state index contributed by atoms with van der Waals surface area (Å²) in [5.41, 5.74) is 0. The van der Waals surface area contributed by atoms with Crippen molar-refractivity contribution in [2.75, 3.05) is 0 Å². The van der Waals surface area contributed by atoms with Gasteiger partial charge < -0.3 is 14.3 Å². The van der Waals surface area contributed by atoms with Crippen molar-refractivity contribution < 1.29 is 23.8 Å². The minimum Gasteiger partial charge on any atom is -0.481 e. The summed E-state index contributed by atoms with van der Waals surface area (Å²) in [6.07, 6.45) is 2.74. The van der Waals surface area contributed by atoms with Gasteiger partial charge in [0.1, 0.15) is 5.76 Å². The van der Waals surface area contributed by atoms with Gasteiger partial charge in [0, 0.05) is 19.3 Å². The predicted octanol–water partition coefficient (Wildman–Crippen LogP) is 1.40. The van der Waals surface area contributed by atoms with E-state index in [0.717, 1.165) is 5.76 Å². The first-order valence-electron chi connectivity index (χ1n) is 5.67. The summed E-state index contributed by atoms with van der Waals surface area (Å²) in [5.74, 6) is -0.262. The molecule has 96 valence electrons. The molecule has 0 aromatic carbocycles. The molecule has 0 fully saturated rings. The maximum Gasteiger partial charge on any atom is 0.337 e. The molecule has 1 aliphatic heterocycles. The molecular weight excluding hydrogens is 238 g/mol. The molecule has 0 saturated heterocycles. The van der Waals surface area contributed by atoms with Crippen LogP contribution in [0.2, 0.25) is 0 Å². The summed E-state index contributed by atoms with van der Waals surface area (Å²) in [6.45, 7) is 0. The van der Waals surface area contributed by atoms with Crippen LogP contribution in [-0.4, -0.2) is 29.0 Å². The van der Waals surface area contributed by atoms with Crippen molar-refractivity contribution in [3.63, 3.8) is 0 Å². The molecule has 0 amide bonds. The summed E-state index contributed by atoms with van der Waals surface area (Å²) in [4.78, 5) is 25.9. The van der Waals surface area contributed by atoms with E-state index in [2.05, 4.69) is 4.99 Å². The van der Waals surface area contributed by atoms with Gasteiger partial charge in [-0.05, 0) is 18.6 Å². The summed E-state index contributed by atoms with van der Waals surface area (Å²) in [7, 11) is 0. The molecule has 0 bridgehead atoms. The second kappa shape index (κ2) is 5.48. The minimum atomic E-state index is -0.943. The van der Waals surface area contributed by atoms with Crippen molar-refractivity contribution in [2.45, 2.75) is 31.7 Å². The number of carboxylic acids is 1. The lowest BCUT2D eigenvalue weighted by Gasteiger charge is -1.99. The highest BCUT2D eigenvalue weighted by molar-refractivity contribution is 5.97. The molecule has 0 spiro atoms. The van der Waals surface area contributed by atoms with Gasteiger partial charge >= 0.3 is 11.9 Å². The van der Waals surface area contributed by atoms with Crippen molar-refractivity contribution >= 4 is 17.8 Å². The maximum absolute atomic E-state index is 11.4. The second-order valence-electron chi connectivity index (χ2n) is 3.97. The largest absolute Gasteiger partial charge is 0.481 e. The highest BCUT2D eigenvalue weighted by atomic mass is 16.6. The van der Waals surface area contributed by atoms with Crippen LogP contribution >= 0.6 is 0 Å². The third kappa shape index (κ3) is 3.19. The van der Waals surface area contributed by atoms with Gasteiger partial charge in [-0.25, -0.2) is 9.79 Å². The van der Waals surface area contributed by atoms with Crippen LogP contribution in [0.3, 0.4) is 0 Å². The Balaban J connectivity index is 1.84. The van der Waals surface area contributed by atoms with Crippen LogP contribution in [0.15, 0.2) is 27.8 Å². The van der Waals surface area contributed by atoms with Crippen molar-refractivity contribution in [2.24, 2.45) is 4.99 Å². The number of carbonyl (C=O) groups is 2. The van der Waals surface area contributed by atoms with E-state index in [1.165, 1.54) is 0 Å². The van der Waals surface area contributed by atoms with Gasteiger partial charge in [0.2, 0.25) is 0 Å². The average Bonchev–Trinajstić information content (AvgIpc) is 2.93. The van der Waals surface area contributed by atoms with Gasteiger partial charge in [-0.1, -0.05) is 0 Å². The molecular formula is C12H13NO5. The Hall–Kier alpha value is -2.11. The lowest BCUT2D eigenvalue weighted by molar-refractivity contribution is -0.138. The Kier molecular flexibility index (Phi) is 3.76. The normalized spacial score (nSPS) is 18.6. The van der Waals surface area contributed by atoms with Gasteiger partial charge in [-0.15, -0.1) is 0 Å².